The van der Waals surface area contributed by atoms with Crippen LogP contribution in [0.1, 0.15) is 0 Å². The van der Waals surface area contributed by atoms with Crippen molar-refractivity contribution >= 4 is 65.7 Å². The highest BCUT2D eigenvalue weighted by molar-refractivity contribution is 6.21. The maximum Gasteiger partial charge on any atom is 0.164 e. The van der Waals surface area contributed by atoms with E-state index in [1.165, 1.54) is 5.39 Å². The van der Waals surface area contributed by atoms with Gasteiger partial charge >= 0.3 is 0 Å². The number of benzene rings is 7. The van der Waals surface area contributed by atoms with E-state index in [1.54, 1.807) is 0 Å². The number of fused-ring (bicyclic) bond motifs is 10. The predicted molar refractivity (Wildman–Crippen MR) is 205 cm³/mol. The quantitative estimate of drug-likeness (QED) is 0.189. The molecule has 0 saturated heterocycles. The van der Waals surface area contributed by atoms with Gasteiger partial charge in [-0.2, -0.15) is 0 Å². The van der Waals surface area contributed by atoms with E-state index in [0.29, 0.717) is 17.5 Å². The molecule has 51 heavy (non-hydrogen) atoms. The third kappa shape index (κ3) is 4.26. The highest BCUT2D eigenvalue weighted by Crippen LogP contribution is 2.40. The van der Waals surface area contributed by atoms with Gasteiger partial charge in [-0.1, -0.05) is 97.1 Å². The molecule has 11 aromatic rings. The molecule has 6 heteroatoms. The average molecular weight is 655 g/mol. The highest BCUT2D eigenvalue weighted by Gasteiger charge is 2.20. The van der Waals surface area contributed by atoms with E-state index >= 15 is 0 Å². The molecule has 0 aliphatic rings. The smallest absolute Gasteiger partial charge is 0.164 e. The first-order valence-corrected chi connectivity index (χ1v) is 16.9. The summed E-state index contributed by atoms with van der Waals surface area (Å²) in [5, 5.41) is 6.69. The van der Waals surface area contributed by atoms with Crippen LogP contribution >= 0.6 is 0 Å². The van der Waals surface area contributed by atoms with Crippen LogP contribution in [0.25, 0.3) is 106 Å². The molecule has 0 N–H and O–H groups in total. The molecule has 0 aliphatic carbocycles. The van der Waals surface area contributed by atoms with Crippen LogP contribution in [0, 0.1) is 0 Å². The molecular formula is C45H26N4O2. The predicted octanol–water partition coefficient (Wildman–Crippen LogP) is 11.8. The SMILES string of the molecule is c1ccc(-c2nc(-c3ccc(-n4c5ccccc5c5ccc6c7ccccc7oc6c54)cc3)nc(-c3ccc4c(c3)oc3ccccc34)n2)cc1. The monoisotopic (exact) mass is 654 g/mol. The lowest BCUT2D eigenvalue weighted by atomic mass is 10.1. The first-order chi connectivity index (χ1) is 25.3. The number of para-hydroxylation sites is 3. The Hall–Kier alpha value is -7.05. The molecule has 0 radical (unpaired) electrons. The third-order valence-electron chi connectivity index (χ3n) is 9.87. The van der Waals surface area contributed by atoms with E-state index in [-0.39, 0.29) is 0 Å². The van der Waals surface area contributed by atoms with E-state index in [2.05, 4.69) is 95.6 Å². The maximum atomic E-state index is 6.55. The maximum absolute atomic E-state index is 6.55. The Bertz CT molecular complexity index is 3140. The van der Waals surface area contributed by atoms with Crippen LogP contribution in [0.2, 0.25) is 0 Å². The average Bonchev–Trinajstić information content (AvgIpc) is 3.87. The molecule has 4 aromatic heterocycles. The molecule has 0 fully saturated rings. The minimum absolute atomic E-state index is 0.583. The summed E-state index contributed by atoms with van der Waals surface area (Å²) in [7, 11) is 0. The summed E-state index contributed by atoms with van der Waals surface area (Å²) in [6.45, 7) is 0. The number of nitrogens with zero attached hydrogens (tertiary/aromatic N) is 4. The lowest BCUT2D eigenvalue weighted by Gasteiger charge is -2.11. The Labute approximate surface area is 290 Å². The van der Waals surface area contributed by atoms with Gasteiger partial charge in [0.15, 0.2) is 23.1 Å². The van der Waals surface area contributed by atoms with Gasteiger partial charge in [-0.25, -0.2) is 15.0 Å². The lowest BCUT2D eigenvalue weighted by Crippen LogP contribution is -2.00. The number of rotatable bonds is 4. The fourth-order valence-corrected chi connectivity index (χ4v) is 7.47. The van der Waals surface area contributed by atoms with Gasteiger partial charge < -0.3 is 13.4 Å². The Morgan fingerprint density at radius 3 is 1.67 bits per heavy atom. The van der Waals surface area contributed by atoms with Gasteiger partial charge in [-0.3, -0.25) is 0 Å². The zero-order valence-corrected chi connectivity index (χ0v) is 27.1. The van der Waals surface area contributed by atoms with Crippen molar-refractivity contribution in [2.75, 3.05) is 0 Å². The molecule has 238 valence electrons. The van der Waals surface area contributed by atoms with Crippen molar-refractivity contribution in [2.24, 2.45) is 0 Å². The largest absolute Gasteiger partial charge is 0.456 e. The molecular weight excluding hydrogens is 629 g/mol. The molecule has 6 nitrogen and oxygen atoms in total. The second-order valence-corrected chi connectivity index (χ2v) is 12.8. The highest BCUT2D eigenvalue weighted by atomic mass is 16.3. The molecule has 4 heterocycles. The summed E-state index contributed by atoms with van der Waals surface area (Å²) in [5.74, 6) is 1.79. The molecule has 0 saturated carbocycles. The molecule has 11 rings (SSSR count). The van der Waals surface area contributed by atoms with Crippen molar-refractivity contribution in [3.63, 3.8) is 0 Å². The van der Waals surface area contributed by atoms with Gasteiger partial charge in [0.25, 0.3) is 0 Å². The number of hydrogen-bond acceptors (Lipinski definition) is 5. The van der Waals surface area contributed by atoms with Gasteiger partial charge in [0.1, 0.15) is 16.7 Å². The standard InChI is InChI=1S/C45H26N4O2/c1-2-10-27(11-3-1)43-46-44(48-45(47-43)29-20-23-34-32-13-5-8-16-38(32)50-40(34)26-29)28-18-21-30(22-19-28)49-37-15-7-4-12-31(37)35-24-25-36-33-14-6-9-17-39(33)51-42(36)41(35)49/h1-26H. The molecule has 0 unspecified atom stereocenters. The normalized spacial score (nSPS) is 11.9. The molecule has 0 bridgehead atoms. The summed E-state index contributed by atoms with van der Waals surface area (Å²) < 4.78 is 15.1. The van der Waals surface area contributed by atoms with E-state index < -0.39 is 0 Å². The zero-order valence-electron chi connectivity index (χ0n) is 27.1. The Morgan fingerprint density at radius 2 is 0.902 bits per heavy atom. The van der Waals surface area contributed by atoms with Crippen LogP contribution < -0.4 is 0 Å². The minimum Gasteiger partial charge on any atom is -0.456 e. The summed E-state index contributed by atoms with van der Waals surface area (Å²) in [6, 6.07) is 53.9. The van der Waals surface area contributed by atoms with Crippen LogP contribution in [-0.4, -0.2) is 19.5 Å². The third-order valence-corrected chi connectivity index (χ3v) is 9.87. The van der Waals surface area contributed by atoms with Crippen molar-refractivity contribution in [1.82, 2.24) is 19.5 Å². The zero-order chi connectivity index (χ0) is 33.5. The van der Waals surface area contributed by atoms with Crippen LogP contribution in [0.4, 0.5) is 0 Å². The molecule has 7 aromatic carbocycles. The van der Waals surface area contributed by atoms with Crippen molar-refractivity contribution < 1.29 is 8.83 Å². The van der Waals surface area contributed by atoms with E-state index in [4.69, 9.17) is 23.8 Å². The minimum atomic E-state index is 0.583. The van der Waals surface area contributed by atoms with Gasteiger partial charge in [0.05, 0.1) is 11.0 Å². The van der Waals surface area contributed by atoms with Crippen LogP contribution in [0.15, 0.2) is 167 Å². The fourth-order valence-electron chi connectivity index (χ4n) is 7.47. The lowest BCUT2D eigenvalue weighted by molar-refractivity contribution is 0.669. The molecule has 0 aliphatic heterocycles. The van der Waals surface area contributed by atoms with Gasteiger partial charge in [-0.05, 0) is 60.7 Å². The van der Waals surface area contributed by atoms with Crippen LogP contribution in [-0.2, 0) is 0 Å². The number of hydrogen-bond donors (Lipinski definition) is 0. The molecule has 0 amide bonds. The first kappa shape index (κ1) is 27.9. The van der Waals surface area contributed by atoms with Crippen molar-refractivity contribution in [3.8, 4) is 39.9 Å². The topological polar surface area (TPSA) is 69.9 Å². The molecule has 0 atom stereocenters. The summed E-state index contributed by atoms with van der Waals surface area (Å²) in [5.41, 5.74) is 9.27. The first-order valence-electron chi connectivity index (χ1n) is 16.9. The Balaban J connectivity index is 1.08. The molecule has 0 spiro atoms. The number of furan rings is 2. The van der Waals surface area contributed by atoms with E-state index in [9.17, 15) is 0 Å². The Morgan fingerprint density at radius 1 is 0.373 bits per heavy atom. The van der Waals surface area contributed by atoms with Crippen molar-refractivity contribution in [1.29, 1.82) is 0 Å². The summed E-state index contributed by atoms with van der Waals surface area (Å²) in [6.07, 6.45) is 0. The van der Waals surface area contributed by atoms with Gasteiger partial charge in [0, 0.05) is 54.7 Å². The van der Waals surface area contributed by atoms with Crippen molar-refractivity contribution in [2.45, 2.75) is 0 Å². The van der Waals surface area contributed by atoms with Crippen molar-refractivity contribution in [3.05, 3.63) is 158 Å². The van der Waals surface area contributed by atoms with Gasteiger partial charge in [0.2, 0.25) is 0 Å². The summed E-state index contributed by atoms with van der Waals surface area (Å²) in [4.78, 5) is 15.0. The van der Waals surface area contributed by atoms with Crippen LogP contribution in [0.3, 0.4) is 0 Å². The second-order valence-electron chi connectivity index (χ2n) is 12.8. The summed E-state index contributed by atoms with van der Waals surface area (Å²) >= 11 is 0. The second kappa shape index (κ2) is 10.7. The van der Waals surface area contributed by atoms with E-state index in [1.807, 2.05) is 66.7 Å². The Kier molecular flexibility index (Phi) is 5.86. The fraction of sp³-hybridized carbons (Fsp3) is 0. The number of aromatic nitrogens is 4. The van der Waals surface area contributed by atoms with E-state index in [0.717, 1.165) is 82.7 Å². The van der Waals surface area contributed by atoms with Gasteiger partial charge in [-0.15, -0.1) is 0 Å². The van der Waals surface area contributed by atoms with Crippen LogP contribution in [0.5, 0.6) is 0 Å².